The Hall–Kier alpha value is -5.96. The Morgan fingerprint density at radius 3 is 2.61 bits per heavy atom. The molecule has 2 aromatic carbocycles. The Kier molecular flexibility index (Phi) is 6.37. The number of carbonyl (C=O) groups is 1. The van der Waals surface area contributed by atoms with Gasteiger partial charge in [-0.05, 0) is 49.2 Å². The number of benzene rings is 2. The predicted octanol–water partition coefficient (Wildman–Crippen LogP) is 2.52. The predicted molar refractivity (Wildman–Crippen MR) is 154 cm³/mol. The minimum atomic E-state index is -0.725. The molecular weight excluding hydrogens is 520 g/mol. The van der Waals surface area contributed by atoms with Crippen molar-refractivity contribution in [2.45, 2.75) is 13.0 Å². The van der Waals surface area contributed by atoms with Crippen molar-refractivity contribution < 1.29 is 4.79 Å². The lowest BCUT2D eigenvalue weighted by molar-refractivity contribution is 0.0940. The molecule has 0 saturated heterocycles. The molecule has 0 saturated carbocycles. The van der Waals surface area contributed by atoms with Crippen LogP contribution < -0.4 is 22.0 Å². The summed E-state index contributed by atoms with van der Waals surface area (Å²) in [4.78, 5) is 36.5. The largest absolute Gasteiger partial charge is 0.381 e. The van der Waals surface area contributed by atoms with Crippen LogP contribution in [0.15, 0.2) is 84.0 Å². The van der Waals surface area contributed by atoms with Crippen molar-refractivity contribution in [1.29, 1.82) is 0 Å². The number of para-hydroxylation sites is 1. The number of aryl methyl sites for hydroxylation is 1. The minimum Gasteiger partial charge on any atom is -0.381 e. The first-order valence-electron chi connectivity index (χ1n) is 12.7. The molecule has 0 fully saturated rings. The molecule has 0 bridgehead atoms. The average molecular weight is 545 g/mol. The molecule has 12 heteroatoms. The van der Waals surface area contributed by atoms with E-state index in [0.717, 1.165) is 0 Å². The van der Waals surface area contributed by atoms with Gasteiger partial charge in [0, 0.05) is 31.2 Å². The highest BCUT2D eigenvalue weighted by Crippen LogP contribution is 2.20. The van der Waals surface area contributed by atoms with Gasteiger partial charge in [-0.3, -0.25) is 19.7 Å². The van der Waals surface area contributed by atoms with Gasteiger partial charge in [0.05, 0.1) is 22.6 Å². The Balaban J connectivity index is 1.45. The number of nitrogens with one attached hydrogen (secondary N) is 2. The fourth-order valence-electron chi connectivity index (χ4n) is 4.46. The Morgan fingerprint density at radius 1 is 1.00 bits per heavy atom. The molecule has 6 aromatic rings. The quantitative estimate of drug-likeness (QED) is 0.280. The standard InChI is InChI=1S/C29H24N10O2/c1-18(32-28(40)24-25(30)36-38-16-7-15-31-27(24)38)26-33-22-11-6-8-19(12-13-21-14-17-37(2)34-21)23(22)29(41)39(26)35-20-9-4-3-5-10-20/h3-11,14-18,35H,1-2H3,(H2,30,36)(H,32,40)/t18-/m1/s1. The van der Waals surface area contributed by atoms with Gasteiger partial charge in [-0.25, -0.2) is 19.2 Å². The number of aromatic nitrogens is 7. The minimum absolute atomic E-state index is 0.0378. The van der Waals surface area contributed by atoms with E-state index in [9.17, 15) is 9.59 Å². The number of hydrogen-bond acceptors (Lipinski definition) is 8. The van der Waals surface area contributed by atoms with Gasteiger partial charge >= 0.3 is 0 Å². The molecule has 0 aliphatic carbocycles. The zero-order chi connectivity index (χ0) is 28.5. The summed E-state index contributed by atoms with van der Waals surface area (Å²) in [5.74, 6) is 5.89. The summed E-state index contributed by atoms with van der Waals surface area (Å²) >= 11 is 0. The lowest BCUT2D eigenvalue weighted by Crippen LogP contribution is -2.37. The van der Waals surface area contributed by atoms with Gasteiger partial charge in [0.1, 0.15) is 11.3 Å². The van der Waals surface area contributed by atoms with E-state index in [1.807, 2.05) is 37.4 Å². The summed E-state index contributed by atoms with van der Waals surface area (Å²) in [5.41, 5.74) is 11.4. The SMILES string of the molecule is C[C@@H](NC(=O)c1c(N)nn2cccnc12)c1nc2cccc(C#Cc3ccn(C)n3)c2c(=O)n1Nc1ccccc1. The van der Waals surface area contributed by atoms with Crippen LogP contribution in [0.25, 0.3) is 16.6 Å². The lowest BCUT2D eigenvalue weighted by atomic mass is 10.1. The van der Waals surface area contributed by atoms with Crippen molar-refractivity contribution in [2.24, 2.45) is 7.05 Å². The zero-order valence-corrected chi connectivity index (χ0v) is 22.1. The maximum atomic E-state index is 14.1. The van der Waals surface area contributed by atoms with Crippen molar-refractivity contribution in [3.63, 3.8) is 0 Å². The van der Waals surface area contributed by atoms with Crippen LogP contribution in [0.5, 0.6) is 0 Å². The van der Waals surface area contributed by atoms with Crippen LogP contribution in [0.3, 0.4) is 0 Å². The highest BCUT2D eigenvalue weighted by molar-refractivity contribution is 6.04. The van der Waals surface area contributed by atoms with E-state index < -0.39 is 11.9 Å². The Bertz CT molecular complexity index is 2050. The van der Waals surface area contributed by atoms with E-state index in [2.05, 4.69) is 37.8 Å². The van der Waals surface area contributed by atoms with Crippen LogP contribution in [0.2, 0.25) is 0 Å². The molecule has 0 unspecified atom stereocenters. The number of hydrogen-bond donors (Lipinski definition) is 3. The number of fused-ring (bicyclic) bond motifs is 2. The summed E-state index contributed by atoms with van der Waals surface area (Å²) in [6, 6.07) is 17.2. The second kappa shape index (κ2) is 10.3. The number of amides is 1. The number of nitrogens with two attached hydrogens (primary N) is 1. The average Bonchev–Trinajstić information content (AvgIpc) is 3.55. The molecular formula is C29H24N10O2. The van der Waals surface area contributed by atoms with E-state index in [1.54, 1.807) is 60.5 Å². The molecule has 12 nitrogen and oxygen atoms in total. The van der Waals surface area contributed by atoms with Crippen LogP contribution in [0.4, 0.5) is 11.5 Å². The number of nitrogen functional groups attached to an aromatic ring is 1. The maximum absolute atomic E-state index is 14.1. The maximum Gasteiger partial charge on any atom is 0.281 e. The summed E-state index contributed by atoms with van der Waals surface area (Å²) in [5, 5.41) is 11.7. The number of nitrogens with zero attached hydrogens (tertiary/aromatic N) is 7. The molecule has 4 aromatic heterocycles. The van der Waals surface area contributed by atoms with E-state index in [4.69, 9.17) is 10.7 Å². The molecule has 1 amide bonds. The third kappa shape index (κ3) is 4.83. The van der Waals surface area contributed by atoms with Crippen molar-refractivity contribution >= 4 is 34.0 Å². The summed E-state index contributed by atoms with van der Waals surface area (Å²) in [6.07, 6.45) is 5.00. The normalized spacial score (nSPS) is 11.7. The number of carbonyl (C=O) groups excluding carboxylic acids is 1. The third-order valence-electron chi connectivity index (χ3n) is 6.36. The topological polar surface area (TPSA) is 150 Å². The Labute approximate surface area is 233 Å². The van der Waals surface area contributed by atoms with Gasteiger partial charge in [0.2, 0.25) is 0 Å². The summed E-state index contributed by atoms with van der Waals surface area (Å²) < 4.78 is 4.42. The van der Waals surface area contributed by atoms with E-state index in [0.29, 0.717) is 33.5 Å². The van der Waals surface area contributed by atoms with Gasteiger partial charge in [0.25, 0.3) is 11.5 Å². The first-order valence-corrected chi connectivity index (χ1v) is 12.7. The van der Waals surface area contributed by atoms with Crippen LogP contribution in [-0.2, 0) is 7.05 Å². The van der Waals surface area contributed by atoms with Crippen molar-refractivity contribution in [1.82, 2.24) is 39.4 Å². The first kappa shape index (κ1) is 25.3. The van der Waals surface area contributed by atoms with E-state index in [1.165, 1.54) is 9.19 Å². The molecule has 1 atom stereocenters. The number of rotatable bonds is 5. The molecule has 4 N–H and O–H groups in total. The molecule has 0 aliphatic heterocycles. The van der Waals surface area contributed by atoms with Crippen LogP contribution in [0.1, 0.15) is 40.4 Å². The van der Waals surface area contributed by atoms with Crippen molar-refractivity contribution in [3.05, 3.63) is 112 Å². The highest BCUT2D eigenvalue weighted by Gasteiger charge is 2.24. The van der Waals surface area contributed by atoms with Gasteiger partial charge < -0.3 is 11.1 Å². The Morgan fingerprint density at radius 2 is 1.83 bits per heavy atom. The van der Waals surface area contributed by atoms with E-state index in [-0.39, 0.29) is 22.8 Å². The monoisotopic (exact) mass is 544 g/mol. The second-order valence-corrected chi connectivity index (χ2v) is 9.26. The molecule has 41 heavy (non-hydrogen) atoms. The van der Waals surface area contributed by atoms with Crippen molar-refractivity contribution in [2.75, 3.05) is 11.2 Å². The summed E-state index contributed by atoms with van der Waals surface area (Å²) in [6.45, 7) is 1.73. The number of anilines is 2. The van der Waals surface area contributed by atoms with Gasteiger partial charge in [-0.2, -0.15) is 5.10 Å². The first-order chi connectivity index (χ1) is 19.9. The molecule has 6 rings (SSSR count). The van der Waals surface area contributed by atoms with Crippen LogP contribution in [-0.4, -0.2) is 39.9 Å². The zero-order valence-electron chi connectivity index (χ0n) is 22.1. The lowest BCUT2D eigenvalue weighted by Gasteiger charge is -2.20. The molecule has 202 valence electrons. The van der Waals surface area contributed by atoms with E-state index >= 15 is 0 Å². The van der Waals surface area contributed by atoms with Crippen LogP contribution >= 0.6 is 0 Å². The fourth-order valence-corrected chi connectivity index (χ4v) is 4.46. The van der Waals surface area contributed by atoms with Crippen LogP contribution in [0, 0.1) is 11.8 Å². The molecule has 0 spiro atoms. The van der Waals surface area contributed by atoms with Gasteiger partial charge in [0.15, 0.2) is 17.3 Å². The second-order valence-electron chi connectivity index (χ2n) is 9.26. The smallest absolute Gasteiger partial charge is 0.281 e. The van der Waals surface area contributed by atoms with Crippen molar-refractivity contribution in [3.8, 4) is 11.8 Å². The van der Waals surface area contributed by atoms with Gasteiger partial charge in [-0.15, -0.1) is 5.10 Å². The molecule has 4 heterocycles. The molecule has 0 aliphatic rings. The summed E-state index contributed by atoms with van der Waals surface area (Å²) in [7, 11) is 1.81. The molecule has 0 radical (unpaired) electrons. The van der Waals surface area contributed by atoms with Gasteiger partial charge in [-0.1, -0.05) is 30.2 Å². The fraction of sp³-hybridized carbons (Fsp3) is 0.103. The third-order valence-corrected chi connectivity index (χ3v) is 6.36. The highest BCUT2D eigenvalue weighted by atomic mass is 16.2.